The van der Waals surface area contributed by atoms with Gasteiger partial charge < -0.3 is 16.8 Å². The van der Waals surface area contributed by atoms with Crippen molar-refractivity contribution >= 4 is 17.3 Å². The van der Waals surface area contributed by atoms with Crippen LogP contribution in [0.2, 0.25) is 0 Å². The summed E-state index contributed by atoms with van der Waals surface area (Å²) in [5.74, 6) is -0.492. The Morgan fingerprint density at radius 3 is 2.62 bits per heavy atom. The summed E-state index contributed by atoms with van der Waals surface area (Å²) in [6.45, 7) is 3.29. The van der Waals surface area contributed by atoms with Crippen LogP contribution in [0.5, 0.6) is 0 Å². The van der Waals surface area contributed by atoms with Crippen LogP contribution >= 0.6 is 0 Å². The van der Waals surface area contributed by atoms with Gasteiger partial charge in [0.2, 0.25) is 5.91 Å². The van der Waals surface area contributed by atoms with Gasteiger partial charge in [0.15, 0.2) is 0 Å². The van der Waals surface area contributed by atoms with E-state index in [1.165, 1.54) is 0 Å². The lowest BCUT2D eigenvalue weighted by Gasteiger charge is -2.24. The van der Waals surface area contributed by atoms with Crippen LogP contribution in [0.1, 0.15) is 19.4 Å². The molecule has 0 aliphatic heterocycles. The van der Waals surface area contributed by atoms with Crippen LogP contribution in [0.25, 0.3) is 0 Å². The fraction of sp³-hybridized carbons (Fsp3) is 0.273. The summed E-state index contributed by atoms with van der Waals surface area (Å²) in [4.78, 5) is 11.1. The van der Waals surface area contributed by atoms with E-state index in [0.717, 1.165) is 0 Å². The molecule has 0 saturated carbocycles. The largest absolute Gasteiger partial charge is 0.399 e. The van der Waals surface area contributed by atoms with Crippen LogP contribution in [0.3, 0.4) is 0 Å². The number of rotatable bonds is 3. The van der Waals surface area contributed by atoms with Gasteiger partial charge in [-0.05, 0) is 32.0 Å². The van der Waals surface area contributed by atoms with E-state index in [9.17, 15) is 4.79 Å². The number of nitrogens with one attached hydrogen (secondary N) is 1. The third kappa shape index (κ3) is 2.42. The molecular weight excluding hydrogens is 204 g/mol. The van der Waals surface area contributed by atoms with E-state index >= 15 is 0 Å². The molecule has 5 N–H and O–H groups in total. The summed E-state index contributed by atoms with van der Waals surface area (Å²) in [6, 6.07) is 6.85. The van der Waals surface area contributed by atoms with Crippen molar-refractivity contribution in [1.29, 1.82) is 5.26 Å². The number of nitrogens with two attached hydrogens (primary N) is 2. The van der Waals surface area contributed by atoms with E-state index in [4.69, 9.17) is 16.7 Å². The van der Waals surface area contributed by atoms with Crippen LogP contribution < -0.4 is 16.8 Å². The van der Waals surface area contributed by atoms with Crippen molar-refractivity contribution < 1.29 is 4.79 Å². The minimum absolute atomic E-state index is 0.384. The first-order valence-corrected chi connectivity index (χ1v) is 4.74. The number of carbonyl (C=O) groups is 1. The van der Waals surface area contributed by atoms with Crippen molar-refractivity contribution in [2.45, 2.75) is 19.4 Å². The smallest absolute Gasteiger partial charge is 0.242 e. The first-order chi connectivity index (χ1) is 7.36. The lowest BCUT2D eigenvalue weighted by atomic mass is 10.0. The average Bonchev–Trinajstić information content (AvgIpc) is 2.20. The van der Waals surface area contributed by atoms with Gasteiger partial charge in [-0.1, -0.05) is 0 Å². The highest BCUT2D eigenvalue weighted by molar-refractivity contribution is 5.87. The van der Waals surface area contributed by atoms with Crippen molar-refractivity contribution in [1.82, 2.24) is 0 Å². The maximum atomic E-state index is 11.1. The third-order valence-electron chi connectivity index (χ3n) is 2.23. The van der Waals surface area contributed by atoms with E-state index in [-0.39, 0.29) is 0 Å². The summed E-state index contributed by atoms with van der Waals surface area (Å²) >= 11 is 0. The molecule has 0 aliphatic rings. The number of primary amides is 1. The van der Waals surface area contributed by atoms with E-state index in [2.05, 4.69) is 5.32 Å². The molecule has 5 heteroatoms. The fourth-order valence-corrected chi connectivity index (χ4v) is 1.16. The molecule has 1 amide bonds. The fourth-order valence-electron chi connectivity index (χ4n) is 1.16. The number of nitrogen functional groups attached to an aromatic ring is 1. The highest BCUT2D eigenvalue weighted by atomic mass is 16.1. The molecule has 1 rings (SSSR count). The van der Waals surface area contributed by atoms with Crippen LogP contribution in [0, 0.1) is 11.3 Å². The van der Waals surface area contributed by atoms with Gasteiger partial charge in [-0.25, -0.2) is 0 Å². The highest BCUT2D eigenvalue weighted by Gasteiger charge is 2.25. The summed E-state index contributed by atoms with van der Waals surface area (Å²) < 4.78 is 0. The topological polar surface area (TPSA) is 105 Å². The second-order valence-corrected chi connectivity index (χ2v) is 4.03. The monoisotopic (exact) mass is 218 g/mol. The third-order valence-corrected chi connectivity index (χ3v) is 2.23. The molecule has 0 saturated heterocycles. The first-order valence-electron chi connectivity index (χ1n) is 4.74. The standard InChI is InChI=1S/C11H14N4O/c1-11(2,10(14)16)15-9-4-3-8(13)5-7(9)6-12/h3-5,15H,13H2,1-2H3,(H2,14,16). The molecule has 0 aliphatic carbocycles. The van der Waals surface area contributed by atoms with Crippen molar-refractivity contribution in [3.05, 3.63) is 23.8 Å². The lowest BCUT2D eigenvalue weighted by Crippen LogP contribution is -2.45. The number of nitriles is 1. The molecule has 0 heterocycles. The number of amides is 1. The number of hydrogen-bond donors (Lipinski definition) is 3. The van der Waals surface area contributed by atoms with Gasteiger partial charge in [0.1, 0.15) is 11.6 Å². The van der Waals surface area contributed by atoms with Gasteiger partial charge in [0, 0.05) is 5.69 Å². The molecule has 0 radical (unpaired) electrons. The SMILES string of the molecule is CC(C)(Nc1ccc(N)cc1C#N)C(N)=O. The summed E-state index contributed by atoms with van der Waals surface area (Å²) in [5, 5.41) is 11.8. The molecule has 1 aromatic rings. The minimum Gasteiger partial charge on any atom is -0.399 e. The molecular formula is C11H14N4O. The number of carbonyl (C=O) groups excluding carboxylic acids is 1. The highest BCUT2D eigenvalue weighted by Crippen LogP contribution is 2.21. The molecule has 0 unspecified atom stereocenters. The van der Waals surface area contributed by atoms with Crippen LogP contribution in [-0.2, 0) is 4.79 Å². The Morgan fingerprint density at radius 2 is 2.12 bits per heavy atom. The molecule has 0 spiro atoms. The maximum absolute atomic E-state index is 11.1. The Labute approximate surface area is 94.0 Å². The molecule has 0 bridgehead atoms. The quantitative estimate of drug-likeness (QED) is 0.653. The van der Waals surface area contributed by atoms with Gasteiger partial charge in [0.05, 0.1) is 11.3 Å². The second-order valence-electron chi connectivity index (χ2n) is 4.03. The van der Waals surface area contributed by atoms with Crippen molar-refractivity contribution in [2.24, 2.45) is 5.73 Å². The van der Waals surface area contributed by atoms with Crippen molar-refractivity contribution in [3.63, 3.8) is 0 Å². The van der Waals surface area contributed by atoms with Crippen molar-refractivity contribution in [2.75, 3.05) is 11.1 Å². The zero-order valence-corrected chi connectivity index (χ0v) is 9.24. The number of hydrogen-bond acceptors (Lipinski definition) is 4. The molecule has 1 aromatic carbocycles. The predicted octanol–water partition coefficient (Wildman–Crippen LogP) is 0.816. The first kappa shape index (κ1) is 11.9. The van der Waals surface area contributed by atoms with Gasteiger partial charge in [-0.15, -0.1) is 0 Å². The van der Waals surface area contributed by atoms with Gasteiger partial charge in [-0.2, -0.15) is 5.26 Å². The van der Waals surface area contributed by atoms with E-state index in [1.807, 2.05) is 6.07 Å². The molecule has 84 valence electrons. The van der Waals surface area contributed by atoms with E-state index < -0.39 is 11.4 Å². The van der Waals surface area contributed by atoms with Crippen LogP contribution in [0.4, 0.5) is 11.4 Å². The molecule has 0 fully saturated rings. The minimum atomic E-state index is -0.915. The molecule has 5 nitrogen and oxygen atoms in total. The Balaban J connectivity index is 3.08. The lowest BCUT2D eigenvalue weighted by molar-refractivity contribution is -0.121. The van der Waals surface area contributed by atoms with Gasteiger partial charge in [0.25, 0.3) is 0 Å². The van der Waals surface area contributed by atoms with Gasteiger partial charge >= 0.3 is 0 Å². The second kappa shape index (κ2) is 4.11. The molecule has 0 aromatic heterocycles. The Bertz CT molecular complexity index is 460. The number of anilines is 2. The molecule has 0 atom stereocenters. The van der Waals surface area contributed by atoms with E-state index in [1.54, 1.807) is 32.0 Å². The zero-order valence-electron chi connectivity index (χ0n) is 9.24. The normalized spacial score (nSPS) is 10.6. The molecule has 16 heavy (non-hydrogen) atoms. The van der Waals surface area contributed by atoms with Gasteiger partial charge in [-0.3, -0.25) is 4.79 Å². The van der Waals surface area contributed by atoms with Crippen LogP contribution in [0.15, 0.2) is 18.2 Å². The zero-order chi connectivity index (χ0) is 12.3. The summed E-state index contributed by atoms with van der Waals surface area (Å²) in [7, 11) is 0. The van der Waals surface area contributed by atoms with Crippen molar-refractivity contribution in [3.8, 4) is 6.07 Å². The number of benzene rings is 1. The summed E-state index contributed by atoms with van der Waals surface area (Å²) in [5.41, 5.74) is 11.3. The predicted molar refractivity (Wildman–Crippen MR) is 62.5 cm³/mol. The van der Waals surface area contributed by atoms with Crippen LogP contribution in [-0.4, -0.2) is 11.4 Å². The Hall–Kier alpha value is -2.22. The Morgan fingerprint density at radius 1 is 1.50 bits per heavy atom. The average molecular weight is 218 g/mol. The summed E-state index contributed by atoms with van der Waals surface area (Å²) in [6.07, 6.45) is 0. The Kier molecular flexibility index (Phi) is 3.04. The maximum Gasteiger partial charge on any atom is 0.242 e. The number of nitrogens with zero attached hydrogens (tertiary/aromatic N) is 1. The van der Waals surface area contributed by atoms with E-state index in [0.29, 0.717) is 16.9 Å².